The zero-order valence-electron chi connectivity index (χ0n) is 15.7. The highest BCUT2D eigenvalue weighted by Crippen LogP contribution is 2.78. The Morgan fingerprint density at radius 1 is 1.45 bits per heavy atom. The Morgan fingerprint density at radius 2 is 2.21 bits per heavy atom. The van der Waals surface area contributed by atoms with Crippen molar-refractivity contribution in [2.45, 2.75) is 49.7 Å². The van der Waals surface area contributed by atoms with E-state index in [9.17, 15) is 23.1 Å². The third-order valence-electron chi connectivity index (χ3n) is 6.61. The molecule has 2 bridgehead atoms. The van der Waals surface area contributed by atoms with Gasteiger partial charge in [-0.3, -0.25) is 9.48 Å². The summed E-state index contributed by atoms with van der Waals surface area (Å²) in [7, 11) is 1.77. The van der Waals surface area contributed by atoms with Crippen LogP contribution in [0.5, 0.6) is 0 Å². The normalized spacial score (nSPS) is 34.9. The Morgan fingerprint density at radius 3 is 2.86 bits per heavy atom. The number of hydrogen-bond donors (Lipinski definition) is 2. The van der Waals surface area contributed by atoms with Gasteiger partial charge in [0.25, 0.3) is 0 Å². The van der Waals surface area contributed by atoms with Crippen LogP contribution in [0.2, 0.25) is 0 Å². The number of alkyl halides is 3. The van der Waals surface area contributed by atoms with Crippen LogP contribution in [0.25, 0.3) is 0 Å². The number of carbonyl (C=O) groups is 1. The lowest BCUT2D eigenvalue weighted by Crippen LogP contribution is -2.44. The average Bonchev–Trinajstić information content (AvgIpc) is 2.86. The van der Waals surface area contributed by atoms with Crippen LogP contribution in [-0.2, 0) is 28.2 Å². The molecule has 1 saturated carbocycles. The van der Waals surface area contributed by atoms with E-state index in [0.717, 1.165) is 29.6 Å². The number of halogens is 3. The van der Waals surface area contributed by atoms with Crippen LogP contribution in [-0.4, -0.2) is 44.1 Å². The summed E-state index contributed by atoms with van der Waals surface area (Å²) in [5, 5.41) is 17.4. The van der Waals surface area contributed by atoms with Gasteiger partial charge in [0.15, 0.2) is 0 Å². The molecule has 2 aromatic rings. The van der Waals surface area contributed by atoms with Gasteiger partial charge < -0.3 is 15.2 Å². The smallest absolute Gasteiger partial charge is 0.390 e. The minimum absolute atomic E-state index is 0.161. The van der Waals surface area contributed by atoms with Crippen molar-refractivity contribution in [1.82, 2.24) is 14.8 Å². The monoisotopic (exact) mass is 408 g/mol. The topological polar surface area (TPSA) is 89.3 Å². The van der Waals surface area contributed by atoms with Gasteiger partial charge in [-0.25, -0.2) is 4.98 Å². The summed E-state index contributed by atoms with van der Waals surface area (Å²) in [6.45, 7) is 1.83. The van der Waals surface area contributed by atoms with Gasteiger partial charge in [0.05, 0.1) is 35.0 Å². The predicted octanol–water partition coefficient (Wildman–Crippen LogP) is 1.94. The Bertz CT molecular complexity index is 1020. The van der Waals surface area contributed by atoms with E-state index in [1.807, 2.05) is 13.1 Å². The molecule has 10 heteroatoms. The second-order valence-electron chi connectivity index (χ2n) is 8.15. The zero-order chi connectivity index (χ0) is 20.8. The van der Waals surface area contributed by atoms with Crippen LogP contribution in [0.1, 0.15) is 29.7 Å². The summed E-state index contributed by atoms with van der Waals surface area (Å²) in [6.07, 6.45) is -2.68. The first-order valence-corrected chi connectivity index (χ1v) is 9.28. The third kappa shape index (κ3) is 2.29. The van der Waals surface area contributed by atoms with Crippen LogP contribution < -0.4 is 5.32 Å². The summed E-state index contributed by atoms with van der Waals surface area (Å²) in [4.78, 5) is 17.2. The van der Waals surface area contributed by atoms with Gasteiger partial charge in [0.2, 0.25) is 5.91 Å². The zero-order valence-corrected chi connectivity index (χ0v) is 15.7. The van der Waals surface area contributed by atoms with Crippen molar-refractivity contribution in [3.8, 4) is 0 Å². The van der Waals surface area contributed by atoms with Gasteiger partial charge in [-0.2, -0.15) is 18.3 Å². The third-order valence-corrected chi connectivity index (χ3v) is 6.61. The lowest BCUT2D eigenvalue weighted by molar-refractivity contribution is -0.137. The van der Waals surface area contributed by atoms with Crippen LogP contribution in [0.15, 0.2) is 24.5 Å². The molecular formula is C19H19F3N4O3. The first-order chi connectivity index (χ1) is 13.6. The molecule has 2 N–H and O–H groups in total. The minimum Gasteiger partial charge on any atom is -0.390 e. The van der Waals surface area contributed by atoms with E-state index >= 15 is 0 Å². The number of aryl methyl sites for hydroxylation is 2. The standard InChI is InChI=1S/C19H19F3N4O3/c1-9-11(7-26(2)25-9)17-8-18(17,13-6-12(27)15(17)29-13)16(28)24-14-5-10(3-4-23-14)19(20,21)22/h3-5,7,12-13,15,27H,6,8H2,1-2H3,(H,23,24,28)/t12-,13+,15-,17+,18+/m0/s1. The minimum atomic E-state index is -4.53. The average molecular weight is 408 g/mol. The number of amides is 1. The van der Waals surface area contributed by atoms with E-state index in [0.29, 0.717) is 12.8 Å². The lowest BCUT2D eigenvalue weighted by atomic mass is 9.74. The Hall–Kier alpha value is -2.46. The lowest BCUT2D eigenvalue weighted by Gasteiger charge is -2.29. The van der Waals surface area contributed by atoms with Gasteiger partial charge in [0.1, 0.15) is 5.82 Å². The Balaban J connectivity index is 1.51. The number of carbonyl (C=O) groups excluding carboxylic acids is 1. The van der Waals surface area contributed by atoms with Crippen LogP contribution in [0.3, 0.4) is 0 Å². The van der Waals surface area contributed by atoms with Crippen molar-refractivity contribution in [2.24, 2.45) is 12.5 Å². The maximum atomic E-state index is 13.3. The second kappa shape index (κ2) is 5.57. The highest BCUT2D eigenvalue weighted by atomic mass is 19.4. The van der Waals surface area contributed by atoms with Crippen molar-refractivity contribution < 1.29 is 27.8 Å². The van der Waals surface area contributed by atoms with Gasteiger partial charge in [-0.15, -0.1) is 0 Å². The first kappa shape index (κ1) is 18.6. The number of hydrogen-bond acceptors (Lipinski definition) is 5. The molecule has 4 heterocycles. The molecule has 29 heavy (non-hydrogen) atoms. The van der Waals surface area contributed by atoms with E-state index in [1.165, 1.54) is 0 Å². The molecule has 2 aromatic heterocycles. The number of aromatic nitrogens is 3. The molecule has 5 rings (SSSR count). The number of nitrogens with zero attached hydrogens (tertiary/aromatic N) is 3. The molecule has 1 aliphatic carbocycles. The number of aliphatic hydroxyl groups excluding tert-OH is 1. The molecular weight excluding hydrogens is 389 g/mol. The van der Waals surface area contributed by atoms with Gasteiger partial charge in [-0.05, 0) is 25.5 Å². The SMILES string of the molecule is Cc1nn(C)cc1[C@@]12C[C@]1(C(=O)Nc1cc(C(F)(F)F)ccn1)[C@H]1C[C@H](O)[C@@H]2O1. The van der Waals surface area contributed by atoms with Crippen molar-refractivity contribution in [2.75, 3.05) is 5.32 Å². The predicted molar refractivity (Wildman–Crippen MR) is 93.8 cm³/mol. The van der Waals surface area contributed by atoms with E-state index < -0.39 is 46.8 Å². The maximum absolute atomic E-state index is 13.3. The number of rotatable bonds is 3. The van der Waals surface area contributed by atoms with Crippen LogP contribution in [0.4, 0.5) is 19.0 Å². The molecule has 3 fully saturated rings. The summed E-state index contributed by atoms with van der Waals surface area (Å²) < 4.78 is 46.6. The van der Waals surface area contributed by atoms with Crippen molar-refractivity contribution in [3.63, 3.8) is 0 Å². The molecule has 2 aliphatic heterocycles. The van der Waals surface area contributed by atoms with Gasteiger partial charge >= 0.3 is 6.18 Å². The van der Waals surface area contributed by atoms with Crippen molar-refractivity contribution in [1.29, 1.82) is 0 Å². The molecule has 154 valence electrons. The second-order valence-corrected chi connectivity index (χ2v) is 8.15. The van der Waals surface area contributed by atoms with Crippen LogP contribution >= 0.6 is 0 Å². The Kier molecular flexibility index (Phi) is 3.57. The fraction of sp³-hybridized carbons (Fsp3) is 0.526. The quantitative estimate of drug-likeness (QED) is 0.810. The van der Waals surface area contributed by atoms with Gasteiger partial charge in [0, 0.05) is 36.8 Å². The fourth-order valence-electron chi connectivity index (χ4n) is 5.44. The van der Waals surface area contributed by atoms with Crippen molar-refractivity contribution >= 4 is 11.7 Å². The first-order valence-electron chi connectivity index (χ1n) is 9.28. The molecule has 2 saturated heterocycles. The molecule has 0 radical (unpaired) electrons. The number of pyridine rings is 1. The fourth-order valence-corrected chi connectivity index (χ4v) is 5.44. The van der Waals surface area contributed by atoms with E-state index in [4.69, 9.17) is 4.74 Å². The van der Waals surface area contributed by atoms with E-state index in [1.54, 1.807) is 11.7 Å². The largest absolute Gasteiger partial charge is 0.416 e. The maximum Gasteiger partial charge on any atom is 0.416 e. The number of anilines is 1. The molecule has 1 amide bonds. The summed E-state index contributed by atoms with van der Waals surface area (Å²) in [5.74, 6) is -0.599. The molecule has 7 nitrogen and oxygen atoms in total. The molecule has 5 atom stereocenters. The summed E-state index contributed by atoms with van der Waals surface area (Å²) >= 11 is 0. The number of aliphatic hydroxyl groups is 1. The Labute approximate surface area is 163 Å². The molecule has 0 spiro atoms. The van der Waals surface area contributed by atoms with E-state index in [-0.39, 0.29) is 5.82 Å². The van der Waals surface area contributed by atoms with E-state index in [2.05, 4.69) is 15.4 Å². The molecule has 0 unspecified atom stereocenters. The number of nitrogens with one attached hydrogen (secondary N) is 1. The number of fused-ring (bicyclic) bond motifs is 5. The highest BCUT2D eigenvalue weighted by Gasteiger charge is 2.87. The highest BCUT2D eigenvalue weighted by molar-refractivity contribution is 6.00. The van der Waals surface area contributed by atoms with Crippen molar-refractivity contribution in [3.05, 3.63) is 41.3 Å². The summed E-state index contributed by atoms with van der Waals surface area (Å²) in [5.41, 5.74) is -1.01. The van der Waals surface area contributed by atoms with Gasteiger partial charge in [-0.1, -0.05) is 0 Å². The molecule has 3 aliphatic rings. The summed E-state index contributed by atoms with van der Waals surface area (Å²) in [6, 6.07) is 1.67. The number of ether oxygens (including phenoxy) is 1. The molecule has 0 aromatic carbocycles. The van der Waals surface area contributed by atoms with Crippen LogP contribution in [0, 0.1) is 12.3 Å².